The molecule has 0 radical (unpaired) electrons. The molecule has 0 aliphatic rings. The summed E-state index contributed by atoms with van der Waals surface area (Å²) in [6, 6.07) is 12.3. The number of ketones is 1. The second-order valence-corrected chi connectivity index (χ2v) is 7.96. The molecular formula is C19H21N3O6S. The van der Waals surface area contributed by atoms with E-state index in [2.05, 4.69) is 15.8 Å². The molecule has 0 aromatic heterocycles. The number of aliphatic hydroxyl groups excluding tert-OH is 1. The minimum Gasteiger partial charge on any atom is -0.495 e. The van der Waals surface area contributed by atoms with Gasteiger partial charge in [-0.25, -0.2) is 8.42 Å². The molecule has 10 heteroatoms. The van der Waals surface area contributed by atoms with E-state index in [4.69, 9.17) is 9.84 Å². The molecule has 1 amide bonds. The SMILES string of the molecule is COc1ccccc1NC(=O)/C(=N/Nc1ccc(S(=O)(=O)CCO)cc1)C(C)=O. The van der Waals surface area contributed by atoms with Gasteiger partial charge in [-0.3, -0.25) is 15.0 Å². The van der Waals surface area contributed by atoms with Crippen LogP contribution in [0.1, 0.15) is 6.92 Å². The Bertz CT molecular complexity index is 1020. The Labute approximate surface area is 168 Å². The summed E-state index contributed by atoms with van der Waals surface area (Å²) in [5.41, 5.74) is 2.95. The third kappa shape index (κ3) is 5.87. The molecule has 0 saturated carbocycles. The molecule has 0 unspecified atom stereocenters. The highest BCUT2D eigenvalue weighted by molar-refractivity contribution is 7.91. The van der Waals surface area contributed by atoms with Crippen LogP contribution in [0.4, 0.5) is 11.4 Å². The van der Waals surface area contributed by atoms with E-state index in [1.807, 2.05) is 0 Å². The first kappa shape index (κ1) is 22.1. The molecule has 2 rings (SSSR count). The monoisotopic (exact) mass is 419 g/mol. The third-order valence-electron chi connectivity index (χ3n) is 3.77. The lowest BCUT2D eigenvalue weighted by Crippen LogP contribution is -2.29. The summed E-state index contributed by atoms with van der Waals surface area (Å²) >= 11 is 0. The van der Waals surface area contributed by atoms with Gasteiger partial charge >= 0.3 is 0 Å². The number of hydrogen-bond donors (Lipinski definition) is 3. The number of hydrogen-bond acceptors (Lipinski definition) is 8. The minimum atomic E-state index is -3.57. The molecule has 154 valence electrons. The summed E-state index contributed by atoms with van der Waals surface area (Å²) in [6.45, 7) is 0.725. The number of nitrogens with zero attached hydrogens (tertiary/aromatic N) is 1. The van der Waals surface area contributed by atoms with E-state index >= 15 is 0 Å². The Morgan fingerprint density at radius 1 is 1.10 bits per heavy atom. The van der Waals surface area contributed by atoms with Gasteiger partial charge in [0.1, 0.15) is 5.75 Å². The number of rotatable bonds is 9. The second kappa shape index (κ2) is 9.80. The Hall–Kier alpha value is -3.24. The molecule has 3 N–H and O–H groups in total. The van der Waals surface area contributed by atoms with E-state index in [9.17, 15) is 18.0 Å². The number of ether oxygens (including phenoxy) is 1. The lowest BCUT2D eigenvalue weighted by molar-refractivity contribution is -0.114. The van der Waals surface area contributed by atoms with Crippen LogP contribution in [0.15, 0.2) is 58.5 Å². The number of anilines is 2. The van der Waals surface area contributed by atoms with Crippen LogP contribution in [-0.4, -0.2) is 50.4 Å². The van der Waals surface area contributed by atoms with Gasteiger partial charge in [-0.1, -0.05) is 12.1 Å². The predicted octanol–water partition coefficient (Wildman–Crippen LogP) is 1.46. The summed E-state index contributed by atoms with van der Waals surface area (Å²) in [6.07, 6.45) is 0. The van der Waals surface area contributed by atoms with Crippen molar-refractivity contribution in [2.75, 3.05) is 30.2 Å². The van der Waals surface area contributed by atoms with E-state index < -0.39 is 28.1 Å². The van der Waals surface area contributed by atoms with Crippen LogP contribution in [-0.2, 0) is 19.4 Å². The highest BCUT2D eigenvalue weighted by Gasteiger charge is 2.19. The third-order valence-corrected chi connectivity index (χ3v) is 5.48. The van der Waals surface area contributed by atoms with Crippen LogP contribution in [0.25, 0.3) is 0 Å². The molecule has 0 aliphatic carbocycles. The second-order valence-electron chi connectivity index (χ2n) is 5.85. The fourth-order valence-electron chi connectivity index (χ4n) is 2.31. The van der Waals surface area contributed by atoms with Gasteiger partial charge in [-0.2, -0.15) is 5.10 Å². The van der Waals surface area contributed by atoms with Crippen LogP contribution in [0.3, 0.4) is 0 Å². The first-order chi connectivity index (χ1) is 13.8. The number of sulfone groups is 1. The van der Waals surface area contributed by atoms with Crippen molar-refractivity contribution in [2.45, 2.75) is 11.8 Å². The summed E-state index contributed by atoms with van der Waals surface area (Å²) in [7, 11) is -2.11. The number of amides is 1. The minimum absolute atomic E-state index is 0.0433. The molecule has 2 aromatic rings. The average Bonchev–Trinajstić information content (AvgIpc) is 2.68. The number of Topliss-reactive ketones (excluding diaryl/α,β-unsaturated/α-hetero) is 1. The number of methoxy groups -OCH3 is 1. The van der Waals surface area contributed by atoms with E-state index in [0.717, 1.165) is 0 Å². The molecule has 0 atom stereocenters. The maximum Gasteiger partial charge on any atom is 0.279 e. The molecule has 0 spiro atoms. The van der Waals surface area contributed by atoms with Gasteiger partial charge in [0.15, 0.2) is 21.3 Å². The maximum atomic E-state index is 12.4. The lowest BCUT2D eigenvalue weighted by atomic mass is 10.2. The van der Waals surface area contributed by atoms with Gasteiger partial charge < -0.3 is 15.2 Å². The van der Waals surface area contributed by atoms with Crippen LogP contribution in [0, 0.1) is 0 Å². The fourth-order valence-corrected chi connectivity index (χ4v) is 3.34. The number of aliphatic hydroxyl groups is 1. The van der Waals surface area contributed by atoms with E-state index in [1.54, 1.807) is 24.3 Å². The van der Waals surface area contributed by atoms with Crippen LogP contribution >= 0.6 is 0 Å². The maximum absolute atomic E-state index is 12.4. The molecule has 0 aliphatic heterocycles. The van der Waals surface area contributed by atoms with Gasteiger partial charge in [0.25, 0.3) is 5.91 Å². The van der Waals surface area contributed by atoms with E-state index in [1.165, 1.54) is 38.3 Å². The molecule has 0 saturated heterocycles. The lowest BCUT2D eigenvalue weighted by Gasteiger charge is -2.10. The summed E-state index contributed by atoms with van der Waals surface area (Å²) in [4.78, 5) is 24.3. The Morgan fingerprint density at radius 2 is 1.76 bits per heavy atom. The van der Waals surface area contributed by atoms with E-state index in [-0.39, 0.29) is 16.4 Å². The van der Waals surface area contributed by atoms with Gasteiger partial charge in [0.05, 0.1) is 35.7 Å². The molecule has 2 aromatic carbocycles. The fraction of sp³-hybridized carbons (Fsp3) is 0.211. The van der Waals surface area contributed by atoms with Crippen LogP contribution < -0.4 is 15.5 Å². The predicted molar refractivity (Wildman–Crippen MR) is 109 cm³/mol. The molecule has 0 bridgehead atoms. The number of carbonyl (C=O) groups excluding carboxylic acids is 2. The van der Waals surface area contributed by atoms with Crippen molar-refractivity contribution in [3.05, 3.63) is 48.5 Å². The van der Waals surface area contributed by atoms with Gasteiger partial charge in [0, 0.05) is 6.92 Å². The Kier molecular flexibility index (Phi) is 7.46. The smallest absolute Gasteiger partial charge is 0.279 e. The van der Waals surface area contributed by atoms with Crippen molar-refractivity contribution >= 4 is 38.6 Å². The van der Waals surface area contributed by atoms with Gasteiger partial charge in [-0.05, 0) is 36.4 Å². The zero-order valence-corrected chi connectivity index (χ0v) is 16.7. The van der Waals surface area contributed by atoms with E-state index in [0.29, 0.717) is 17.1 Å². The first-order valence-corrected chi connectivity index (χ1v) is 10.2. The average molecular weight is 419 g/mol. The Balaban J connectivity index is 2.17. The molecule has 0 fully saturated rings. The van der Waals surface area contributed by atoms with Crippen molar-refractivity contribution < 1.29 is 27.9 Å². The number of nitrogens with one attached hydrogen (secondary N) is 2. The highest BCUT2D eigenvalue weighted by Crippen LogP contribution is 2.23. The number of hydrazone groups is 1. The van der Waals surface area contributed by atoms with Crippen LogP contribution in [0.5, 0.6) is 5.75 Å². The van der Waals surface area contributed by atoms with Crippen molar-refractivity contribution in [3.63, 3.8) is 0 Å². The Morgan fingerprint density at radius 3 is 2.34 bits per heavy atom. The summed E-state index contributed by atoms with van der Waals surface area (Å²) in [5.74, 6) is -1.24. The van der Waals surface area contributed by atoms with Crippen LogP contribution in [0.2, 0.25) is 0 Å². The van der Waals surface area contributed by atoms with Crippen molar-refractivity contribution in [1.82, 2.24) is 0 Å². The van der Waals surface area contributed by atoms with Crippen molar-refractivity contribution in [3.8, 4) is 5.75 Å². The molecular weight excluding hydrogens is 398 g/mol. The normalized spacial score (nSPS) is 11.6. The zero-order chi connectivity index (χ0) is 21.4. The van der Waals surface area contributed by atoms with Gasteiger partial charge in [-0.15, -0.1) is 0 Å². The number of benzene rings is 2. The molecule has 9 nitrogen and oxygen atoms in total. The van der Waals surface area contributed by atoms with Crippen molar-refractivity contribution in [2.24, 2.45) is 5.10 Å². The summed E-state index contributed by atoms with van der Waals surface area (Å²) in [5, 5.41) is 15.2. The van der Waals surface area contributed by atoms with Crippen molar-refractivity contribution in [1.29, 1.82) is 0 Å². The quantitative estimate of drug-likeness (QED) is 0.318. The summed E-state index contributed by atoms with van der Waals surface area (Å²) < 4.78 is 28.9. The highest BCUT2D eigenvalue weighted by atomic mass is 32.2. The number of carbonyl (C=O) groups is 2. The standard InChI is InChI=1S/C19H21N3O6S/c1-13(24)18(19(25)20-16-5-3-4-6-17(16)28-2)22-21-14-7-9-15(10-8-14)29(26,27)12-11-23/h3-10,21,23H,11-12H2,1-2H3,(H,20,25)/b22-18+. The topological polar surface area (TPSA) is 134 Å². The van der Waals surface area contributed by atoms with Gasteiger partial charge in [0.2, 0.25) is 0 Å². The molecule has 29 heavy (non-hydrogen) atoms. The number of para-hydroxylation sites is 2. The largest absolute Gasteiger partial charge is 0.495 e. The first-order valence-electron chi connectivity index (χ1n) is 8.51. The molecule has 0 heterocycles. The zero-order valence-electron chi connectivity index (χ0n) is 15.9.